The molecule has 0 unspecified atom stereocenters. The van der Waals surface area contributed by atoms with Crippen molar-refractivity contribution in [3.8, 4) is 22.9 Å². The standard InChI is InChI=1S/C33H33ClN8O3/c34-23-10-12-25(13-11-23)45-26-7-3-5-21(19-26)31-41-27-20-22(32(44)39-18-15-24-6-1-2-16-38-24)9-14-28(27)42(31)29(30(35)43)8-4-17-40-33(36)37/h1-3,5-7,9-14,16,19-20,29H,4,8,15,17-18H2,(H2,35,43)(H,39,44)(H4,36,37,40)/t29-/m1/s1. The molecule has 0 saturated carbocycles. The van der Waals surface area contributed by atoms with Crippen LogP contribution in [0.15, 0.2) is 96.1 Å². The number of nitrogens with zero attached hydrogens (tertiary/aromatic N) is 4. The first-order valence-corrected chi connectivity index (χ1v) is 14.7. The number of imidazole rings is 1. The summed E-state index contributed by atoms with van der Waals surface area (Å²) < 4.78 is 7.86. The quantitative estimate of drug-likeness (QED) is 0.0840. The molecule has 5 rings (SSSR count). The van der Waals surface area contributed by atoms with Gasteiger partial charge in [-0.25, -0.2) is 4.98 Å². The van der Waals surface area contributed by atoms with Crippen molar-refractivity contribution in [2.45, 2.75) is 25.3 Å². The van der Waals surface area contributed by atoms with E-state index in [0.29, 0.717) is 76.9 Å². The number of halogens is 1. The summed E-state index contributed by atoms with van der Waals surface area (Å²) in [5, 5.41) is 3.54. The van der Waals surface area contributed by atoms with Gasteiger partial charge in [-0.1, -0.05) is 29.8 Å². The maximum absolute atomic E-state index is 13.1. The minimum absolute atomic E-state index is 0.0252. The minimum atomic E-state index is -0.766. The van der Waals surface area contributed by atoms with Crippen molar-refractivity contribution in [2.24, 2.45) is 22.2 Å². The summed E-state index contributed by atoms with van der Waals surface area (Å²) in [5.74, 6) is 0.854. The number of carbonyl (C=O) groups is 2. The van der Waals surface area contributed by atoms with E-state index in [2.05, 4.69) is 15.3 Å². The minimum Gasteiger partial charge on any atom is -0.457 e. The van der Waals surface area contributed by atoms with Gasteiger partial charge >= 0.3 is 0 Å². The number of carbonyl (C=O) groups excluding carboxylic acids is 2. The number of rotatable bonds is 13. The summed E-state index contributed by atoms with van der Waals surface area (Å²) in [7, 11) is 0. The molecule has 1 atom stereocenters. The predicted octanol–water partition coefficient (Wildman–Crippen LogP) is 4.60. The summed E-state index contributed by atoms with van der Waals surface area (Å²) in [6.45, 7) is 0.759. The zero-order chi connectivity index (χ0) is 31.8. The van der Waals surface area contributed by atoms with E-state index >= 15 is 0 Å². The molecule has 230 valence electrons. The SMILES string of the molecule is NC(=O)[C@@H](CCCN=C(N)N)n1c(-c2cccc(Oc3ccc(Cl)cc3)c2)nc2cc(C(=O)NCCc3ccccn3)ccc21. The lowest BCUT2D eigenvalue weighted by molar-refractivity contribution is -0.121. The second-order valence-corrected chi connectivity index (χ2v) is 10.7. The van der Waals surface area contributed by atoms with Crippen LogP contribution in [0, 0.1) is 0 Å². The fourth-order valence-corrected chi connectivity index (χ4v) is 5.07. The fraction of sp³-hybridized carbons (Fsp3) is 0.182. The van der Waals surface area contributed by atoms with E-state index in [-0.39, 0.29) is 11.9 Å². The number of hydrogen-bond acceptors (Lipinski definition) is 6. The number of hydrogen-bond donors (Lipinski definition) is 4. The van der Waals surface area contributed by atoms with Crippen molar-refractivity contribution in [1.29, 1.82) is 0 Å². The van der Waals surface area contributed by atoms with E-state index in [1.54, 1.807) is 53.2 Å². The van der Waals surface area contributed by atoms with Gasteiger partial charge < -0.3 is 31.8 Å². The molecular weight excluding hydrogens is 592 g/mol. The summed E-state index contributed by atoms with van der Waals surface area (Å²) in [6.07, 6.45) is 3.18. The monoisotopic (exact) mass is 624 g/mol. The lowest BCUT2D eigenvalue weighted by atomic mass is 10.1. The number of aliphatic imine (C=N–C) groups is 1. The number of fused-ring (bicyclic) bond motifs is 1. The lowest BCUT2D eigenvalue weighted by Crippen LogP contribution is -2.28. The second kappa shape index (κ2) is 14.4. The third-order valence-corrected chi connectivity index (χ3v) is 7.31. The summed E-state index contributed by atoms with van der Waals surface area (Å²) in [4.78, 5) is 39.2. The molecule has 11 nitrogen and oxygen atoms in total. The average Bonchev–Trinajstić information content (AvgIpc) is 3.41. The first-order chi connectivity index (χ1) is 21.8. The first kappa shape index (κ1) is 31.0. The molecule has 12 heteroatoms. The molecular formula is C33H33ClN8O3. The van der Waals surface area contributed by atoms with Gasteiger partial charge in [-0.05, 0) is 79.6 Å². The Balaban J connectivity index is 1.49. The van der Waals surface area contributed by atoms with Crippen LogP contribution >= 0.6 is 11.6 Å². The highest BCUT2D eigenvalue weighted by atomic mass is 35.5. The van der Waals surface area contributed by atoms with Crippen LogP contribution in [0.25, 0.3) is 22.4 Å². The highest BCUT2D eigenvalue weighted by Gasteiger charge is 2.25. The largest absolute Gasteiger partial charge is 0.457 e. The van der Waals surface area contributed by atoms with Crippen molar-refractivity contribution in [3.05, 3.63) is 107 Å². The van der Waals surface area contributed by atoms with E-state index in [4.69, 9.17) is 38.5 Å². The molecule has 2 amide bonds. The number of guanidine groups is 1. The van der Waals surface area contributed by atoms with E-state index in [9.17, 15) is 9.59 Å². The van der Waals surface area contributed by atoms with E-state index < -0.39 is 11.9 Å². The Morgan fingerprint density at radius 3 is 2.51 bits per heavy atom. The Hall–Kier alpha value is -5.42. The molecule has 0 radical (unpaired) electrons. The normalized spacial score (nSPS) is 11.6. The van der Waals surface area contributed by atoms with Crippen LogP contribution in [-0.2, 0) is 11.2 Å². The topological polar surface area (TPSA) is 177 Å². The van der Waals surface area contributed by atoms with Gasteiger partial charge in [0.15, 0.2) is 5.96 Å². The van der Waals surface area contributed by atoms with Crippen molar-refractivity contribution >= 4 is 40.4 Å². The third-order valence-electron chi connectivity index (χ3n) is 7.06. The molecule has 0 aliphatic rings. The van der Waals surface area contributed by atoms with Gasteiger partial charge in [0.25, 0.3) is 5.91 Å². The lowest BCUT2D eigenvalue weighted by Gasteiger charge is -2.19. The zero-order valence-corrected chi connectivity index (χ0v) is 25.2. The van der Waals surface area contributed by atoms with Crippen molar-refractivity contribution in [2.75, 3.05) is 13.1 Å². The number of primary amides is 1. The predicted molar refractivity (Wildman–Crippen MR) is 175 cm³/mol. The van der Waals surface area contributed by atoms with E-state index in [0.717, 1.165) is 5.69 Å². The van der Waals surface area contributed by atoms with Gasteiger partial charge in [-0.2, -0.15) is 0 Å². The Bertz CT molecular complexity index is 1820. The summed E-state index contributed by atoms with van der Waals surface area (Å²) in [6, 6.07) is 24.5. The van der Waals surface area contributed by atoms with E-state index in [1.165, 1.54) is 0 Å². The number of nitrogens with two attached hydrogens (primary N) is 3. The van der Waals surface area contributed by atoms with Gasteiger partial charge in [-0.15, -0.1) is 0 Å². The van der Waals surface area contributed by atoms with Crippen LogP contribution in [0.4, 0.5) is 0 Å². The highest BCUT2D eigenvalue weighted by Crippen LogP contribution is 2.33. The average molecular weight is 625 g/mol. The first-order valence-electron chi connectivity index (χ1n) is 14.4. The fourth-order valence-electron chi connectivity index (χ4n) is 4.94. The maximum Gasteiger partial charge on any atom is 0.251 e. The molecule has 0 spiro atoms. The third kappa shape index (κ3) is 7.95. The zero-order valence-electron chi connectivity index (χ0n) is 24.4. The summed E-state index contributed by atoms with van der Waals surface area (Å²) in [5.41, 5.74) is 20.1. The number of benzene rings is 3. The summed E-state index contributed by atoms with van der Waals surface area (Å²) >= 11 is 6.02. The smallest absolute Gasteiger partial charge is 0.251 e. The van der Waals surface area contributed by atoms with Crippen LogP contribution in [0.3, 0.4) is 0 Å². The van der Waals surface area contributed by atoms with Crippen molar-refractivity contribution < 1.29 is 14.3 Å². The van der Waals surface area contributed by atoms with Crippen LogP contribution < -0.4 is 27.3 Å². The van der Waals surface area contributed by atoms with Crippen molar-refractivity contribution in [1.82, 2.24) is 19.9 Å². The molecule has 0 aliphatic carbocycles. The molecule has 0 fully saturated rings. The van der Waals surface area contributed by atoms with Gasteiger partial charge in [0.05, 0.1) is 11.0 Å². The van der Waals surface area contributed by atoms with Crippen LogP contribution in [0.2, 0.25) is 5.02 Å². The molecule has 0 saturated heterocycles. The van der Waals surface area contributed by atoms with Gasteiger partial charge in [0.2, 0.25) is 5.91 Å². The Morgan fingerprint density at radius 1 is 0.956 bits per heavy atom. The highest BCUT2D eigenvalue weighted by molar-refractivity contribution is 6.30. The van der Waals surface area contributed by atoms with Crippen LogP contribution in [-0.4, -0.2) is 45.4 Å². The molecule has 2 heterocycles. The van der Waals surface area contributed by atoms with Crippen LogP contribution in [0.5, 0.6) is 11.5 Å². The number of pyridine rings is 1. The Morgan fingerprint density at radius 2 is 1.78 bits per heavy atom. The molecule has 2 aromatic heterocycles. The van der Waals surface area contributed by atoms with Gasteiger partial charge in [0, 0.05) is 47.6 Å². The van der Waals surface area contributed by atoms with Crippen molar-refractivity contribution in [3.63, 3.8) is 0 Å². The number of amides is 2. The molecule has 3 aromatic carbocycles. The number of ether oxygens (including phenoxy) is 1. The molecule has 45 heavy (non-hydrogen) atoms. The van der Waals surface area contributed by atoms with Crippen LogP contribution in [0.1, 0.15) is 34.9 Å². The van der Waals surface area contributed by atoms with E-state index in [1.807, 2.05) is 42.5 Å². The number of nitrogens with one attached hydrogen (secondary N) is 1. The number of aromatic nitrogens is 3. The molecule has 0 aliphatic heterocycles. The second-order valence-electron chi connectivity index (χ2n) is 10.3. The Kier molecular flexibility index (Phi) is 9.90. The molecule has 5 aromatic rings. The maximum atomic E-state index is 13.1. The molecule has 7 N–H and O–H groups in total. The molecule has 0 bridgehead atoms. The van der Waals surface area contributed by atoms with Gasteiger partial charge in [-0.3, -0.25) is 19.6 Å². The van der Waals surface area contributed by atoms with Gasteiger partial charge in [0.1, 0.15) is 23.4 Å². The Labute approximate surface area is 265 Å².